The summed E-state index contributed by atoms with van der Waals surface area (Å²) in [5.74, 6) is 0.821. The topological polar surface area (TPSA) is 42.4 Å². The van der Waals surface area contributed by atoms with Crippen molar-refractivity contribution in [2.24, 2.45) is 0 Å². The van der Waals surface area contributed by atoms with E-state index >= 15 is 0 Å². The van der Waals surface area contributed by atoms with Gasteiger partial charge < -0.3 is 9.64 Å². The number of aryl methyl sites for hydroxylation is 1. The fraction of sp³-hybridized carbons (Fsp3) is 0.412. The summed E-state index contributed by atoms with van der Waals surface area (Å²) in [4.78, 5) is 18.6. The summed E-state index contributed by atoms with van der Waals surface area (Å²) in [7, 11) is 0. The summed E-state index contributed by atoms with van der Waals surface area (Å²) < 4.78 is 5.56. The highest BCUT2D eigenvalue weighted by atomic mass is 32.1. The summed E-state index contributed by atoms with van der Waals surface area (Å²) >= 11 is 1.63. The Morgan fingerprint density at radius 2 is 2.23 bits per heavy atom. The van der Waals surface area contributed by atoms with Gasteiger partial charge in [0.2, 0.25) is 0 Å². The molecule has 1 amide bonds. The molecule has 2 heterocycles. The lowest BCUT2D eigenvalue weighted by molar-refractivity contribution is -0.121. The molecule has 0 fully saturated rings. The number of unbranched alkanes of at least 4 members (excludes halogenated alkanes) is 2. The maximum absolute atomic E-state index is 12.2. The molecule has 0 N–H and O–H groups in total. The van der Waals surface area contributed by atoms with Gasteiger partial charge in [-0.1, -0.05) is 19.8 Å². The van der Waals surface area contributed by atoms with Crippen molar-refractivity contribution in [3.63, 3.8) is 0 Å². The van der Waals surface area contributed by atoms with E-state index in [0.717, 1.165) is 53.5 Å². The number of benzene rings is 1. The SMILES string of the molecule is CCCCCN1C(=O)COc2ccc(-c3csc(C)n3)cc21. The molecule has 22 heavy (non-hydrogen) atoms. The molecule has 1 aromatic carbocycles. The van der Waals surface area contributed by atoms with Crippen molar-refractivity contribution in [2.45, 2.75) is 33.1 Å². The number of amides is 1. The van der Waals surface area contributed by atoms with Crippen LogP contribution >= 0.6 is 11.3 Å². The Balaban J connectivity index is 1.92. The summed E-state index contributed by atoms with van der Waals surface area (Å²) in [6, 6.07) is 5.97. The van der Waals surface area contributed by atoms with Crippen LogP contribution in [0.1, 0.15) is 31.2 Å². The standard InChI is InChI=1S/C17H20N2O2S/c1-3-4-5-8-19-15-9-13(14-11-22-12(2)18-14)6-7-16(15)21-10-17(19)20/h6-7,9,11H,3-5,8,10H2,1-2H3. The number of rotatable bonds is 5. The molecule has 0 aliphatic carbocycles. The molecule has 4 nitrogen and oxygen atoms in total. The van der Waals surface area contributed by atoms with Gasteiger partial charge in [-0.2, -0.15) is 0 Å². The largest absolute Gasteiger partial charge is 0.482 e. The number of carbonyl (C=O) groups is 1. The van der Waals surface area contributed by atoms with Gasteiger partial charge >= 0.3 is 0 Å². The molecular weight excluding hydrogens is 296 g/mol. The minimum Gasteiger partial charge on any atom is -0.482 e. The van der Waals surface area contributed by atoms with E-state index in [0.29, 0.717) is 0 Å². The maximum Gasteiger partial charge on any atom is 0.265 e. The minimum absolute atomic E-state index is 0.0372. The van der Waals surface area contributed by atoms with Crippen LogP contribution in [0.5, 0.6) is 5.75 Å². The van der Waals surface area contributed by atoms with Crippen molar-refractivity contribution in [1.82, 2.24) is 4.98 Å². The van der Waals surface area contributed by atoms with E-state index in [1.54, 1.807) is 11.3 Å². The van der Waals surface area contributed by atoms with Gasteiger partial charge in [0, 0.05) is 17.5 Å². The van der Waals surface area contributed by atoms with Gasteiger partial charge in [0.15, 0.2) is 6.61 Å². The Morgan fingerprint density at radius 1 is 1.36 bits per heavy atom. The second-order valence-corrected chi connectivity index (χ2v) is 6.54. The Hall–Kier alpha value is -1.88. The summed E-state index contributed by atoms with van der Waals surface area (Å²) in [6.45, 7) is 5.05. The average molecular weight is 316 g/mol. The molecule has 0 saturated heterocycles. The van der Waals surface area contributed by atoms with Gasteiger partial charge in [0.05, 0.1) is 16.4 Å². The Kier molecular flexibility index (Phi) is 4.43. The zero-order valence-corrected chi connectivity index (χ0v) is 13.8. The van der Waals surface area contributed by atoms with E-state index in [2.05, 4.69) is 11.9 Å². The van der Waals surface area contributed by atoms with Crippen LogP contribution in [0, 0.1) is 6.92 Å². The molecule has 0 spiro atoms. The van der Waals surface area contributed by atoms with E-state index < -0.39 is 0 Å². The molecule has 1 aliphatic rings. The number of hydrogen-bond acceptors (Lipinski definition) is 4. The predicted molar refractivity (Wildman–Crippen MR) is 89.7 cm³/mol. The highest BCUT2D eigenvalue weighted by Crippen LogP contribution is 2.36. The number of carbonyl (C=O) groups excluding carboxylic acids is 1. The third-order valence-electron chi connectivity index (χ3n) is 3.80. The van der Waals surface area contributed by atoms with E-state index in [1.165, 1.54) is 0 Å². The normalized spacial score (nSPS) is 13.9. The number of hydrogen-bond donors (Lipinski definition) is 0. The van der Waals surface area contributed by atoms with Crippen LogP contribution in [-0.2, 0) is 4.79 Å². The molecule has 5 heteroatoms. The van der Waals surface area contributed by atoms with Crippen LogP contribution in [0.25, 0.3) is 11.3 Å². The molecular formula is C17H20N2O2S. The molecule has 3 rings (SSSR count). The molecule has 2 aromatic rings. The van der Waals surface area contributed by atoms with E-state index in [1.807, 2.05) is 35.4 Å². The Labute approximate surface area is 134 Å². The van der Waals surface area contributed by atoms with Crippen molar-refractivity contribution in [3.05, 3.63) is 28.6 Å². The lowest BCUT2D eigenvalue weighted by atomic mass is 10.1. The molecule has 0 saturated carbocycles. The maximum atomic E-state index is 12.2. The van der Waals surface area contributed by atoms with Crippen molar-refractivity contribution >= 4 is 22.9 Å². The quantitative estimate of drug-likeness (QED) is 0.782. The smallest absolute Gasteiger partial charge is 0.265 e. The van der Waals surface area contributed by atoms with Crippen LogP contribution in [-0.4, -0.2) is 24.0 Å². The lowest BCUT2D eigenvalue weighted by Gasteiger charge is -2.29. The molecule has 0 atom stereocenters. The molecule has 116 valence electrons. The summed E-state index contributed by atoms with van der Waals surface area (Å²) in [5.41, 5.74) is 2.86. The van der Waals surface area contributed by atoms with Crippen LogP contribution in [0.4, 0.5) is 5.69 Å². The minimum atomic E-state index is 0.0372. The van der Waals surface area contributed by atoms with Crippen LogP contribution in [0.3, 0.4) is 0 Å². The van der Waals surface area contributed by atoms with Crippen molar-refractivity contribution < 1.29 is 9.53 Å². The van der Waals surface area contributed by atoms with E-state index in [-0.39, 0.29) is 12.5 Å². The molecule has 0 radical (unpaired) electrons. The highest BCUT2D eigenvalue weighted by Gasteiger charge is 2.25. The summed E-state index contributed by atoms with van der Waals surface area (Å²) in [5, 5.41) is 3.09. The molecule has 0 unspecified atom stereocenters. The highest BCUT2D eigenvalue weighted by molar-refractivity contribution is 7.09. The lowest BCUT2D eigenvalue weighted by Crippen LogP contribution is -2.39. The van der Waals surface area contributed by atoms with Gasteiger partial charge in [-0.05, 0) is 31.5 Å². The first-order chi connectivity index (χ1) is 10.7. The van der Waals surface area contributed by atoms with Crippen LogP contribution in [0.2, 0.25) is 0 Å². The van der Waals surface area contributed by atoms with Crippen LogP contribution in [0.15, 0.2) is 23.6 Å². The summed E-state index contributed by atoms with van der Waals surface area (Å²) in [6.07, 6.45) is 3.29. The van der Waals surface area contributed by atoms with Crippen molar-refractivity contribution in [2.75, 3.05) is 18.1 Å². The first-order valence-corrected chi connectivity index (χ1v) is 8.56. The number of thiazole rings is 1. The van der Waals surface area contributed by atoms with Crippen molar-refractivity contribution in [3.8, 4) is 17.0 Å². The zero-order chi connectivity index (χ0) is 15.5. The second-order valence-electron chi connectivity index (χ2n) is 5.48. The Morgan fingerprint density at radius 3 is 2.95 bits per heavy atom. The number of fused-ring (bicyclic) bond motifs is 1. The first kappa shape index (κ1) is 15.0. The van der Waals surface area contributed by atoms with Gasteiger partial charge in [0.25, 0.3) is 5.91 Å². The first-order valence-electron chi connectivity index (χ1n) is 7.68. The van der Waals surface area contributed by atoms with E-state index in [9.17, 15) is 4.79 Å². The van der Waals surface area contributed by atoms with Crippen molar-refractivity contribution in [1.29, 1.82) is 0 Å². The molecule has 1 aliphatic heterocycles. The molecule has 1 aromatic heterocycles. The predicted octanol–water partition coefficient (Wildman–Crippen LogP) is 4.03. The third kappa shape index (κ3) is 2.99. The van der Waals surface area contributed by atoms with Gasteiger partial charge in [-0.15, -0.1) is 11.3 Å². The third-order valence-corrected chi connectivity index (χ3v) is 4.58. The monoisotopic (exact) mass is 316 g/mol. The average Bonchev–Trinajstić information content (AvgIpc) is 2.96. The zero-order valence-electron chi connectivity index (χ0n) is 13.0. The fourth-order valence-electron chi connectivity index (χ4n) is 2.62. The van der Waals surface area contributed by atoms with Crippen LogP contribution < -0.4 is 9.64 Å². The van der Waals surface area contributed by atoms with Gasteiger partial charge in [0.1, 0.15) is 5.75 Å². The van der Waals surface area contributed by atoms with Gasteiger partial charge in [-0.3, -0.25) is 4.79 Å². The second kappa shape index (κ2) is 6.48. The number of ether oxygens (including phenoxy) is 1. The number of nitrogens with zero attached hydrogens (tertiary/aromatic N) is 2. The fourth-order valence-corrected chi connectivity index (χ4v) is 3.24. The number of anilines is 1. The Bertz CT molecular complexity index is 681. The molecule has 0 bridgehead atoms. The van der Waals surface area contributed by atoms with E-state index in [4.69, 9.17) is 4.74 Å². The van der Waals surface area contributed by atoms with Gasteiger partial charge in [-0.25, -0.2) is 4.98 Å². The number of aromatic nitrogens is 1.